The summed E-state index contributed by atoms with van der Waals surface area (Å²) in [5.41, 5.74) is 6.95. The Labute approximate surface area is 138 Å². The van der Waals surface area contributed by atoms with Gasteiger partial charge < -0.3 is 11.1 Å². The number of benzene rings is 1. The monoisotopic (exact) mass is 330 g/mol. The van der Waals surface area contributed by atoms with E-state index in [9.17, 15) is 4.79 Å². The van der Waals surface area contributed by atoms with Crippen molar-refractivity contribution in [2.75, 3.05) is 6.54 Å². The number of hydrogen-bond donors (Lipinski definition) is 2. The van der Waals surface area contributed by atoms with E-state index in [0.717, 1.165) is 25.0 Å². The van der Waals surface area contributed by atoms with Crippen LogP contribution < -0.4 is 11.1 Å². The number of hydrogen-bond acceptors (Lipinski definition) is 3. The van der Waals surface area contributed by atoms with Gasteiger partial charge in [-0.3, -0.25) is 4.79 Å². The molecule has 0 saturated carbocycles. The Balaban J connectivity index is 0.00000400. The van der Waals surface area contributed by atoms with Gasteiger partial charge in [0, 0.05) is 18.3 Å². The van der Waals surface area contributed by atoms with E-state index in [0.29, 0.717) is 6.54 Å². The molecule has 1 amide bonds. The molecule has 1 aromatic carbocycles. The van der Waals surface area contributed by atoms with E-state index in [1.54, 1.807) is 11.8 Å². The van der Waals surface area contributed by atoms with Crippen molar-refractivity contribution in [1.82, 2.24) is 5.32 Å². The molecule has 3 N–H and O–H groups in total. The van der Waals surface area contributed by atoms with Crippen molar-refractivity contribution in [3.8, 4) is 0 Å². The summed E-state index contributed by atoms with van der Waals surface area (Å²) in [4.78, 5) is 12.1. The van der Waals surface area contributed by atoms with Gasteiger partial charge in [0.25, 0.3) is 0 Å². The summed E-state index contributed by atoms with van der Waals surface area (Å²) in [5.74, 6) is 0.954. The first-order valence-corrected chi connectivity index (χ1v) is 8.38. The smallest absolute Gasteiger partial charge is 0.233 e. The second-order valence-corrected chi connectivity index (χ2v) is 6.35. The molecule has 0 heterocycles. The number of carbonyl (C=O) groups is 1. The summed E-state index contributed by atoms with van der Waals surface area (Å²) >= 11 is 1.66. The standard InChI is InChI=1S/C16H26N2OS.ClH/c1-3-4-10-15(11-17)18-16(19)13(2)20-12-14-8-6-5-7-9-14;/h5-9,13,15H,3-4,10-12,17H2,1-2H3,(H,18,19);1H. The first-order chi connectivity index (χ1) is 9.67. The van der Waals surface area contributed by atoms with Crippen LogP contribution in [-0.4, -0.2) is 23.7 Å². The molecule has 2 unspecified atom stereocenters. The van der Waals surface area contributed by atoms with Gasteiger partial charge in [-0.2, -0.15) is 0 Å². The van der Waals surface area contributed by atoms with E-state index in [1.807, 2.05) is 25.1 Å². The number of rotatable bonds is 9. The molecule has 1 rings (SSSR count). The van der Waals surface area contributed by atoms with Crippen LogP contribution >= 0.6 is 24.2 Å². The minimum atomic E-state index is -0.0501. The fourth-order valence-electron chi connectivity index (χ4n) is 1.89. The third-order valence-corrected chi connectivity index (χ3v) is 4.46. The summed E-state index contributed by atoms with van der Waals surface area (Å²) in [7, 11) is 0. The second kappa shape index (κ2) is 11.9. The minimum absolute atomic E-state index is 0. The molecule has 3 nitrogen and oxygen atoms in total. The summed E-state index contributed by atoms with van der Waals surface area (Å²) in [6, 6.07) is 10.3. The lowest BCUT2D eigenvalue weighted by molar-refractivity contribution is -0.121. The van der Waals surface area contributed by atoms with Gasteiger partial charge in [-0.05, 0) is 18.9 Å². The van der Waals surface area contributed by atoms with Gasteiger partial charge in [-0.15, -0.1) is 24.2 Å². The normalized spacial score (nSPS) is 13.1. The molecule has 0 saturated heterocycles. The number of unbranched alkanes of at least 4 members (excludes halogenated alkanes) is 1. The average Bonchev–Trinajstić information content (AvgIpc) is 2.49. The van der Waals surface area contributed by atoms with Crippen molar-refractivity contribution in [1.29, 1.82) is 0 Å². The van der Waals surface area contributed by atoms with E-state index >= 15 is 0 Å². The van der Waals surface area contributed by atoms with Crippen LogP contribution in [0.2, 0.25) is 0 Å². The number of halogens is 1. The lowest BCUT2D eigenvalue weighted by Crippen LogP contribution is -2.43. The maximum Gasteiger partial charge on any atom is 0.233 e. The van der Waals surface area contributed by atoms with Crippen molar-refractivity contribution >= 4 is 30.1 Å². The van der Waals surface area contributed by atoms with Gasteiger partial charge in [-0.25, -0.2) is 0 Å². The molecular weight excluding hydrogens is 304 g/mol. The van der Waals surface area contributed by atoms with Crippen LogP contribution in [0.4, 0.5) is 0 Å². The van der Waals surface area contributed by atoms with Gasteiger partial charge in [0.05, 0.1) is 5.25 Å². The lowest BCUT2D eigenvalue weighted by Gasteiger charge is -2.19. The molecule has 5 heteroatoms. The Bertz CT molecular complexity index is 389. The van der Waals surface area contributed by atoms with Crippen molar-refractivity contribution < 1.29 is 4.79 Å². The molecule has 0 radical (unpaired) electrons. The van der Waals surface area contributed by atoms with E-state index in [4.69, 9.17) is 5.73 Å². The number of nitrogens with two attached hydrogens (primary N) is 1. The number of carbonyl (C=O) groups excluding carboxylic acids is 1. The predicted molar refractivity (Wildman–Crippen MR) is 95.0 cm³/mol. The topological polar surface area (TPSA) is 55.1 Å². The van der Waals surface area contributed by atoms with Crippen LogP contribution in [0, 0.1) is 0 Å². The van der Waals surface area contributed by atoms with Crippen LogP contribution in [-0.2, 0) is 10.5 Å². The molecule has 0 fully saturated rings. The largest absolute Gasteiger partial charge is 0.351 e. The fourth-order valence-corrected chi connectivity index (χ4v) is 2.74. The zero-order chi connectivity index (χ0) is 14.8. The molecule has 2 atom stereocenters. The molecule has 21 heavy (non-hydrogen) atoms. The number of thioether (sulfide) groups is 1. The van der Waals surface area contributed by atoms with E-state index < -0.39 is 0 Å². The molecule has 0 spiro atoms. The van der Waals surface area contributed by atoms with Crippen molar-refractivity contribution in [3.63, 3.8) is 0 Å². The molecule has 1 aromatic rings. The molecule has 0 aliphatic carbocycles. The molecule has 120 valence electrons. The van der Waals surface area contributed by atoms with E-state index in [2.05, 4.69) is 24.4 Å². The number of amides is 1. The quantitative estimate of drug-likeness (QED) is 0.730. The molecular formula is C16H27ClN2OS. The summed E-state index contributed by atoms with van der Waals surface area (Å²) in [6.45, 7) is 4.62. The van der Waals surface area contributed by atoms with E-state index in [1.165, 1.54) is 5.56 Å². The van der Waals surface area contributed by atoms with Crippen LogP contribution in [0.5, 0.6) is 0 Å². The summed E-state index contributed by atoms with van der Waals surface area (Å²) in [6.07, 6.45) is 3.20. The molecule has 0 bridgehead atoms. The molecule has 0 aliphatic heterocycles. The first kappa shape index (κ1) is 20.3. The van der Waals surface area contributed by atoms with Gasteiger partial charge in [0.2, 0.25) is 5.91 Å². The van der Waals surface area contributed by atoms with Crippen molar-refractivity contribution in [3.05, 3.63) is 35.9 Å². The Hall–Kier alpha value is -0.710. The molecule has 0 aliphatic rings. The zero-order valence-corrected chi connectivity index (χ0v) is 14.5. The SMILES string of the molecule is CCCCC(CN)NC(=O)C(C)SCc1ccccc1.Cl. The highest BCUT2D eigenvalue weighted by Gasteiger charge is 2.16. The highest BCUT2D eigenvalue weighted by Crippen LogP contribution is 2.17. The second-order valence-electron chi connectivity index (χ2n) is 5.02. The van der Waals surface area contributed by atoms with Crippen molar-refractivity contribution in [2.45, 2.75) is 50.2 Å². The fraction of sp³-hybridized carbons (Fsp3) is 0.562. The Kier molecular flexibility index (Phi) is 11.5. The van der Waals surface area contributed by atoms with Crippen LogP contribution in [0.1, 0.15) is 38.7 Å². The van der Waals surface area contributed by atoms with Crippen molar-refractivity contribution in [2.24, 2.45) is 5.73 Å². The highest BCUT2D eigenvalue weighted by atomic mass is 35.5. The van der Waals surface area contributed by atoms with Gasteiger partial charge in [-0.1, -0.05) is 50.1 Å². The zero-order valence-electron chi connectivity index (χ0n) is 12.9. The van der Waals surface area contributed by atoms with Gasteiger partial charge in [0.15, 0.2) is 0 Å². The van der Waals surface area contributed by atoms with Crippen LogP contribution in [0.25, 0.3) is 0 Å². The maximum atomic E-state index is 12.1. The lowest BCUT2D eigenvalue weighted by atomic mass is 10.1. The third kappa shape index (κ3) is 8.34. The Morgan fingerprint density at radius 3 is 2.57 bits per heavy atom. The first-order valence-electron chi connectivity index (χ1n) is 7.33. The highest BCUT2D eigenvalue weighted by molar-refractivity contribution is 7.99. The van der Waals surface area contributed by atoms with Gasteiger partial charge in [0.1, 0.15) is 0 Å². The van der Waals surface area contributed by atoms with E-state index in [-0.39, 0.29) is 29.6 Å². The minimum Gasteiger partial charge on any atom is -0.351 e. The summed E-state index contributed by atoms with van der Waals surface area (Å²) in [5, 5.41) is 3.00. The summed E-state index contributed by atoms with van der Waals surface area (Å²) < 4.78 is 0. The Morgan fingerprint density at radius 1 is 1.33 bits per heavy atom. The predicted octanol–water partition coefficient (Wildman–Crippen LogP) is 3.36. The Morgan fingerprint density at radius 2 is 2.00 bits per heavy atom. The number of nitrogens with one attached hydrogen (secondary N) is 1. The molecule has 0 aromatic heterocycles. The third-order valence-electron chi connectivity index (χ3n) is 3.25. The van der Waals surface area contributed by atoms with Crippen LogP contribution in [0.15, 0.2) is 30.3 Å². The van der Waals surface area contributed by atoms with Crippen LogP contribution in [0.3, 0.4) is 0 Å². The average molecular weight is 331 g/mol. The maximum absolute atomic E-state index is 12.1. The van der Waals surface area contributed by atoms with Gasteiger partial charge >= 0.3 is 0 Å².